The number of halogens is 2. The number of rotatable bonds is 8. The van der Waals surface area contributed by atoms with Gasteiger partial charge in [0.25, 0.3) is 0 Å². The second kappa shape index (κ2) is 11.4. The average molecular weight is 638 g/mol. The summed E-state index contributed by atoms with van der Waals surface area (Å²) in [6, 6.07) is 8.81. The van der Waals surface area contributed by atoms with Crippen LogP contribution in [0.1, 0.15) is 0 Å². The third-order valence-electron chi connectivity index (χ3n) is 3.62. The van der Waals surface area contributed by atoms with Crippen LogP contribution in [-0.2, 0) is 9.84 Å². The summed E-state index contributed by atoms with van der Waals surface area (Å²) < 4.78 is 53.1. The van der Waals surface area contributed by atoms with Crippen molar-refractivity contribution in [2.24, 2.45) is 0 Å². The molecule has 0 saturated carbocycles. The molecule has 0 radical (unpaired) electrons. The molecule has 0 unspecified atom stereocenters. The van der Waals surface area contributed by atoms with Crippen LogP contribution in [0.4, 0.5) is 0 Å². The van der Waals surface area contributed by atoms with Gasteiger partial charge in [0.2, 0.25) is 9.84 Å². The Hall–Kier alpha value is -1.83. The molecule has 6 nitrogen and oxygen atoms in total. The Balaban J connectivity index is 2.38. The van der Waals surface area contributed by atoms with Gasteiger partial charge in [0.05, 0.1) is 24.0 Å². The van der Waals surface area contributed by atoms with Crippen LogP contribution < -0.4 is 18.9 Å². The van der Waals surface area contributed by atoms with Gasteiger partial charge in [0.15, 0.2) is 23.0 Å². The molecule has 0 atom stereocenters. The third kappa shape index (κ3) is 6.07. The number of sulfone groups is 1. The summed E-state index contributed by atoms with van der Waals surface area (Å²) in [7, 11) is -0.936. The van der Waals surface area contributed by atoms with E-state index in [1.165, 1.54) is 50.6 Å². The Kier molecular flexibility index (Phi) is 9.20. The fraction of sp³-hybridized carbons (Fsp3) is 0.200. The largest absolute Gasteiger partial charge is 0.493 e. The van der Waals surface area contributed by atoms with Crippen LogP contribution in [0.25, 0.3) is 0 Å². The van der Waals surface area contributed by atoms with Crippen molar-refractivity contribution in [2.45, 2.75) is 9.79 Å². The number of hydrogen-bond donors (Lipinski definition) is 0. The van der Waals surface area contributed by atoms with Crippen LogP contribution in [0, 0.1) is 19.7 Å². The van der Waals surface area contributed by atoms with Crippen LogP contribution in [0.2, 0.25) is 0 Å². The molecule has 0 aliphatic rings. The molecule has 0 aromatic heterocycles. The maximum atomic E-state index is 13.1. The molecule has 2 aromatic carbocycles. The van der Waals surface area contributed by atoms with Gasteiger partial charge >= 0.3 is 0 Å². The summed E-state index contributed by atoms with van der Waals surface area (Å²) in [6.45, 7) is 0.345. The van der Waals surface area contributed by atoms with Crippen molar-refractivity contribution in [3.05, 3.63) is 36.4 Å². The lowest BCUT2D eigenvalue weighted by Crippen LogP contribution is -2.05. The van der Waals surface area contributed by atoms with Crippen molar-refractivity contribution >= 4 is 55.0 Å². The van der Waals surface area contributed by atoms with Crippen molar-refractivity contribution in [1.29, 1.82) is 0 Å². The standard InChI is InChI=1S/C20H16I2O6S/c1-25-19-13-15(5-7-17(19)27-11-3-9-21)29(23,24)16-6-8-18(20(14-16)26-2)28-12-4-10-22/h5-8,13-14H,11-12H2,1-2H3. The van der Waals surface area contributed by atoms with Crippen LogP contribution >= 0.6 is 45.2 Å². The van der Waals surface area contributed by atoms with E-state index in [1.54, 1.807) is 0 Å². The van der Waals surface area contributed by atoms with Gasteiger partial charge in [-0.1, -0.05) is 11.8 Å². The van der Waals surface area contributed by atoms with Crippen LogP contribution in [0.15, 0.2) is 46.2 Å². The minimum atomic E-state index is -3.82. The fourth-order valence-electron chi connectivity index (χ4n) is 2.29. The third-order valence-corrected chi connectivity index (χ3v) is 6.14. The zero-order valence-electron chi connectivity index (χ0n) is 15.5. The van der Waals surface area contributed by atoms with Crippen molar-refractivity contribution in [3.8, 4) is 42.7 Å². The average Bonchev–Trinajstić information content (AvgIpc) is 2.74. The summed E-state index contributed by atoms with van der Waals surface area (Å²) >= 11 is 3.82. The highest BCUT2D eigenvalue weighted by molar-refractivity contribution is 14.1. The number of ether oxygens (including phenoxy) is 4. The molecular formula is C20H16I2O6S. The first-order valence-corrected chi connectivity index (χ1v) is 11.7. The van der Waals surface area contributed by atoms with Gasteiger partial charge in [-0.3, -0.25) is 0 Å². The quantitative estimate of drug-likeness (QED) is 0.321. The monoisotopic (exact) mass is 638 g/mol. The van der Waals surface area contributed by atoms with Crippen LogP contribution in [0.5, 0.6) is 23.0 Å². The lowest BCUT2D eigenvalue weighted by atomic mass is 10.3. The summed E-state index contributed by atoms with van der Waals surface area (Å²) in [5.41, 5.74) is 0. The summed E-state index contributed by atoms with van der Waals surface area (Å²) in [5.74, 6) is 6.93. The second-order valence-corrected chi connectivity index (χ2v) is 8.28. The molecule has 152 valence electrons. The van der Waals surface area contributed by atoms with Crippen molar-refractivity contribution in [3.63, 3.8) is 0 Å². The minimum absolute atomic E-state index is 0.0631. The van der Waals surface area contributed by atoms with Gasteiger partial charge in [0, 0.05) is 57.3 Å². The van der Waals surface area contributed by atoms with E-state index in [2.05, 4.69) is 19.7 Å². The molecule has 29 heavy (non-hydrogen) atoms. The molecular weight excluding hydrogens is 622 g/mol. The molecule has 2 rings (SSSR count). The normalized spacial score (nSPS) is 10.1. The van der Waals surface area contributed by atoms with E-state index in [1.807, 2.05) is 45.2 Å². The maximum absolute atomic E-state index is 13.1. The lowest BCUT2D eigenvalue weighted by Gasteiger charge is -2.13. The Morgan fingerprint density at radius 1 is 0.759 bits per heavy atom. The van der Waals surface area contributed by atoms with Crippen molar-refractivity contribution in [2.75, 3.05) is 27.4 Å². The fourth-order valence-corrected chi connectivity index (χ4v) is 3.89. The van der Waals surface area contributed by atoms with E-state index in [9.17, 15) is 8.42 Å². The number of methoxy groups -OCH3 is 2. The van der Waals surface area contributed by atoms with Gasteiger partial charge in [-0.25, -0.2) is 8.42 Å². The molecule has 0 spiro atoms. The zero-order valence-corrected chi connectivity index (χ0v) is 20.6. The van der Waals surface area contributed by atoms with E-state index in [0.29, 0.717) is 23.0 Å². The van der Waals surface area contributed by atoms with Gasteiger partial charge < -0.3 is 18.9 Å². The second-order valence-electron chi connectivity index (χ2n) is 5.25. The Labute approximate surface area is 197 Å². The topological polar surface area (TPSA) is 71.1 Å². The maximum Gasteiger partial charge on any atom is 0.206 e. The minimum Gasteiger partial charge on any atom is -0.493 e. The first-order chi connectivity index (χ1) is 14.0. The Bertz CT molecular complexity index is 1010. The van der Waals surface area contributed by atoms with Gasteiger partial charge in [-0.2, -0.15) is 0 Å². The Morgan fingerprint density at radius 2 is 1.17 bits per heavy atom. The lowest BCUT2D eigenvalue weighted by molar-refractivity contribution is 0.330. The molecule has 0 amide bonds. The summed E-state index contributed by atoms with van der Waals surface area (Å²) in [6.07, 6.45) is 0. The molecule has 0 saturated heterocycles. The molecule has 0 N–H and O–H groups in total. The summed E-state index contributed by atoms with van der Waals surface area (Å²) in [4.78, 5) is 0.126. The first kappa shape index (κ1) is 23.4. The highest BCUT2D eigenvalue weighted by atomic mass is 127. The number of hydrogen-bond acceptors (Lipinski definition) is 6. The molecule has 0 aliphatic carbocycles. The molecule has 2 aromatic rings. The SMILES string of the molecule is COc1cc(S(=O)(=O)c2ccc(OCC#CI)c(OC)c2)ccc1OCC#CI. The molecule has 0 bridgehead atoms. The first-order valence-electron chi connectivity index (χ1n) is 8.01. The molecule has 0 aliphatic heterocycles. The zero-order chi connectivity index (χ0) is 21.3. The Morgan fingerprint density at radius 3 is 1.52 bits per heavy atom. The van der Waals surface area contributed by atoms with Crippen molar-refractivity contribution < 1.29 is 27.4 Å². The predicted molar refractivity (Wildman–Crippen MR) is 126 cm³/mol. The van der Waals surface area contributed by atoms with E-state index < -0.39 is 9.84 Å². The van der Waals surface area contributed by atoms with E-state index in [0.717, 1.165) is 0 Å². The van der Waals surface area contributed by atoms with Crippen molar-refractivity contribution in [1.82, 2.24) is 0 Å². The number of benzene rings is 2. The molecule has 0 heterocycles. The highest BCUT2D eigenvalue weighted by Gasteiger charge is 2.22. The van der Waals surface area contributed by atoms with Gasteiger partial charge in [-0.15, -0.1) is 0 Å². The van der Waals surface area contributed by atoms with Gasteiger partial charge in [-0.05, 0) is 32.1 Å². The van der Waals surface area contributed by atoms with Gasteiger partial charge in [0.1, 0.15) is 13.2 Å². The predicted octanol–water partition coefficient (Wildman–Crippen LogP) is 4.09. The van der Waals surface area contributed by atoms with E-state index in [4.69, 9.17) is 18.9 Å². The van der Waals surface area contributed by atoms with Crippen LogP contribution in [0.3, 0.4) is 0 Å². The summed E-state index contributed by atoms with van der Waals surface area (Å²) in [5, 5.41) is 0. The molecule has 0 fully saturated rings. The van der Waals surface area contributed by atoms with E-state index in [-0.39, 0.29) is 23.0 Å². The highest BCUT2D eigenvalue weighted by Crippen LogP contribution is 2.35. The van der Waals surface area contributed by atoms with Crippen LogP contribution in [-0.4, -0.2) is 35.9 Å². The molecule has 9 heteroatoms. The van der Waals surface area contributed by atoms with E-state index >= 15 is 0 Å². The smallest absolute Gasteiger partial charge is 0.206 e.